The highest BCUT2D eigenvalue weighted by molar-refractivity contribution is 5.81. The lowest BCUT2D eigenvalue weighted by Gasteiger charge is -2.28. The van der Waals surface area contributed by atoms with E-state index in [9.17, 15) is 9.59 Å². The number of alkyl carbamates (subject to hydrolysis) is 1. The Morgan fingerprint density at radius 2 is 1.74 bits per heavy atom. The van der Waals surface area contributed by atoms with Crippen LogP contribution >= 0.6 is 0 Å². The number of benzene rings is 1. The van der Waals surface area contributed by atoms with Gasteiger partial charge >= 0.3 is 6.09 Å². The first kappa shape index (κ1) is 26.9. The van der Waals surface area contributed by atoms with Crippen molar-refractivity contribution in [2.24, 2.45) is 5.73 Å². The SMILES string of the molecule is COC(CN(CCCc1ccccc1)C(=O)[C@@H](N)CCCNC(=O)OC(C)(C)C)OC. The van der Waals surface area contributed by atoms with Gasteiger partial charge in [0.1, 0.15) is 5.60 Å². The lowest BCUT2D eigenvalue weighted by Crippen LogP contribution is -2.48. The van der Waals surface area contributed by atoms with Crippen LogP contribution in [0.15, 0.2) is 30.3 Å². The Balaban J connectivity index is 2.52. The molecule has 0 spiro atoms. The van der Waals surface area contributed by atoms with E-state index in [0.717, 1.165) is 12.8 Å². The minimum absolute atomic E-state index is 0.149. The summed E-state index contributed by atoms with van der Waals surface area (Å²) in [6, 6.07) is 9.48. The number of carbonyl (C=O) groups is 2. The molecule has 1 aromatic rings. The molecule has 3 N–H and O–H groups in total. The molecule has 0 aliphatic heterocycles. The first-order valence-corrected chi connectivity index (χ1v) is 10.8. The fourth-order valence-electron chi connectivity index (χ4n) is 3.02. The van der Waals surface area contributed by atoms with Crippen LogP contribution in [-0.4, -0.2) is 68.7 Å². The van der Waals surface area contributed by atoms with Crippen molar-refractivity contribution in [3.63, 3.8) is 0 Å². The van der Waals surface area contributed by atoms with E-state index in [2.05, 4.69) is 17.4 Å². The Kier molecular flexibility index (Phi) is 12.1. The Morgan fingerprint density at radius 3 is 2.32 bits per heavy atom. The van der Waals surface area contributed by atoms with E-state index in [1.54, 1.807) is 39.9 Å². The molecule has 8 heteroatoms. The molecule has 0 heterocycles. The van der Waals surface area contributed by atoms with Crippen LogP contribution in [0.4, 0.5) is 4.79 Å². The molecule has 1 atom stereocenters. The lowest BCUT2D eigenvalue weighted by molar-refractivity contribution is -0.146. The predicted molar refractivity (Wildman–Crippen MR) is 121 cm³/mol. The Bertz CT molecular complexity index is 644. The third-order valence-electron chi connectivity index (χ3n) is 4.62. The van der Waals surface area contributed by atoms with Crippen molar-refractivity contribution in [2.45, 2.75) is 64.4 Å². The molecule has 0 fully saturated rings. The van der Waals surface area contributed by atoms with Gasteiger partial charge in [-0.3, -0.25) is 4.79 Å². The normalized spacial score (nSPS) is 12.5. The van der Waals surface area contributed by atoms with Crippen LogP contribution < -0.4 is 11.1 Å². The maximum Gasteiger partial charge on any atom is 0.407 e. The zero-order valence-corrected chi connectivity index (χ0v) is 19.6. The summed E-state index contributed by atoms with van der Waals surface area (Å²) in [5.74, 6) is -0.149. The second kappa shape index (κ2) is 14.0. The highest BCUT2D eigenvalue weighted by Gasteiger charge is 2.24. The molecule has 1 aromatic carbocycles. The third kappa shape index (κ3) is 11.7. The lowest BCUT2D eigenvalue weighted by atomic mass is 10.1. The number of hydrogen-bond acceptors (Lipinski definition) is 6. The van der Waals surface area contributed by atoms with E-state index >= 15 is 0 Å². The van der Waals surface area contributed by atoms with Gasteiger partial charge in [0.2, 0.25) is 5.91 Å². The van der Waals surface area contributed by atoms with Crippen LogP contribution in [0.25, 0.3) is 0 Å². The molecule has 0 aromatic heterocycles. The molecule has 0 unspecified atom stereocenters. The van der Waals surface area contributed by atoms with Crippen molar-refractivity contribution >= 4 is 12.0 Å². The van der Waals surface area contributed by atoms with Crippen molar-refractivity contribution in [3.05, 3.63) is 35.9 Å². The molecule has 0 saturated carbocycles. The maximum atomic E-state index is 12.9. The number of amides is 2. The average molecular weight is 438 g/mol. The second-order valence-electron chi connectivity index (χ2n) is 8.45. The highest BCUT2D eigenvalue weighted by Crippen LogP contribution is 2.09. The monoisotopic (exact) mass is 437 g/mol. The standard InChI is InChI=1S/C23H39N3O5/c1-23(2,3)31-22(28)25-15-9-14-19(24)21(27)26(17-20(29-4)30-5)16-10-13-18-11-7-6-8-12-18/h6-8,11-12,19-20H,9-10,13-17,24H2,1-5H3,(H,25,28)/t19-/m0/s1. The summed E-state index contributed by atoms with van der Waals surface area (Å²) >= 11 is 0. The smallest absolute Gasteiger partial charge is 0.407 e. The Hall–Kier alpha value is -2.16. The summed E-state index contributed by atoms with van der Waals surface area (Å²) in [5, 5.41) is 2.68. The minimum atomic E-state index is -0.661. The molecule has 31 heavy (non-hydrogen) atoms. The summed E-state index contributed by atoms with van der Waals surface area (Å²) < 4.78 is 15.7. The summed E-state index contributed by atoms with van der Waals surface area (Å²) in [6.07, 6.45) is 1.71. The zero-order valence-electron chi connectivity index (χ0n) is 19.6. The van der Waals surface area contributed by atoms with Gasteiger partial charge in [0.05, 0.1) is 12.6 Å². The largest absolute Gasteiger partial charge is 0.444 e. The van der Waals surface area contributed by atoms with E-state index in [0.29, 0.717) is 32.5 Å². The van der Waals surface area contributed by atoms with Crippen LogP contribution in [0.5, 0.6) is 0 Å². The first-order valence-electron chi connectivity index (χ1n) is 10.8. The van der Waals surface area contributed by atoms with Gasteiger partial charge in [-0.15, -0.1) is 0 Å². The molecular weight excluding hydrogens is 398 g/mol. The van der Waals surface area contributed by atoms with Gasteiger partial charge in [0.25, 0.3) is 0 Å². The maximum absolute atomic E-state index is 12.9. The molecule has 0 aliphatic rings. The van der Waals surface area contributed by atoms with Crippen molar-refractivity contribution in [3.8, 4) is 0 Å². The number of nitrogens with two attached hydrogens (primary N) is 1. The van der Waals surface area contributed by atoms with Crippen molar-refractivity contribution < 1.29 is 23.8 Å². The first-order chi connectivity index (χ1) is 14.7. The number of hydrogen-bond donors (Lipinski definition) is 2. The summed E-state index contributed by atoms with van der Waals surface area (Å²) in [4.78, 5) is 26.3. The molecular formula is C23H39N3O5. The highest BCUT2D eigenvalue weighted by atomic mass is 16.7. The molecule has 0 aliphatic carbocycles. The van der Waals surface area contributed by atoms with Gasteiger partial charge in [0.15, 0.2) is 6.29 Å². The van der Waals surface area contributed by atoms with Gasteiger partial charge in [-0.2, -0.15) is 0 Å². The second-order valence-corrected chi connectivity index (χ2v) is 8.45. The zero-order chi connectivity index (χ0) is 23.3. The van der Waals surface area contributed by atoms with E-state index in [-0.39, 0.29) is 5.91 Å². The molecule has 2 amide bonds. The van der Waals surface area contributed by atoms with Crippen molar-refractivity contribution in [1.82, 2.24) is 10.2 Å². The van der Waals surface area contributed by atoms with Gasteiger partial charge in [-0.25, -0.2) is 4.79 Å². The van der Waals surface area contributed by atoms with E-state index in [1.807, 2.05) is 18.2 Å². The van der Waals surface area contributed by atoms with Crippen LogP contribution in [0, 0.1) is 0 Å². The Morgan fingerprint density at radius 1 is 1.10 bits per heavy atom. The van der Waals surface area contributed by atoms with Gasteiger partial charge in [0, 0.05) is 27.3 Å². The van der Waals surface area contributed by atoms with Gasteiger partial charge in [-0.1, -0.05) is 30.3 Å². The topological polar surface area (TPSA) is 103 Å². The van der Waals surface area contributed by atoms with Crippen LogP contribution in [-0.2, 0) is 25.4 Å². The fraction of sp³-hybridized carbons (Fsp3) is 0.652. The van der Waals surface area contributed by atoms with Crippen molar-refractivity contribution in [2.75, 3.05) is 33.9 Å². The minimum Gasteiger partial charge on any atom is -0.444 e. The average Bonchev–Trinajstić information content (AvgIpc) is 2.72. The van der Waals surface area contributed by atoms with Crippen LogP contribution in [0.1, 0.15) is 45.6 Å². The van der Waals surface area contributed by atoms with Gasteiger partial charge < -0.3 is 30.2 Å². The number of aryl methyl sites for hydroxylation is 1. The van der Waals surface area contributed by atoms with E-state index < -0.39 is 24.0 Å². The van der Waals surface area contributed by atoms with Crippen molar-refractivity contribution in [1.29, 1.82) is 0 Å². The van der Waals surface area contributed by atoms with Crippen LogP contribution in [0.2, 0.25) is 0 Å². The number of rotatable bonds is 13. The Labute approximate surface area is 186 Å². The molecule has 1 rings (SSSR count). The number of nitrogens with one attached hydrogen (secondary N) is 1. The fourth-order valence-corrected chi connectivity index (χ4v) is 3.02. The third-order valence-corrected chi connectivity index (χ3v) is 4.62. The predicted octanol–water partition coefficient (Wildman–Crippen LogP) is 2.70. The molecule has 176 valence electrons. The number of ether oxygens (including phenoxy) is 3. The number of methoxy groups -OCH3 is 2. The summed E-state index contributed by atoms with van der Waals surface area (Å²) in [7, 11) is 3.09. The summed E-state index contributed by atoms with van der Waals surface area (Å²) in [5.41, 5.74) is 6.84. The van der Waals surface area contributed by atoms with E-state index in [1.165, 1.54) is 5.56 Å². The van der Waals surface area contributed by atoms with Gasteiger partial charge in [-0.05, 0) is 52.0 Å². The number of carbonyl (C=O) groups excluding carboxylic acids is 2. The van der Waals surface area contributed by atoms with E-state index in [4.69, 9.17) is 19.9 Å². The molecule has 0 bridgehead atoms. The molecule has 0 radical (unpaired) electrons. The summed E-state index contributed by atoms with van der Waals surface area (Å²) in [6.45, 7) is 6.68. The molecule has 8 nitrogen and oxygen atoms in total. The molecule has 0 saturated heterocycles. The number of nitrogens with zero attached hydrogens (tertiary/aromatic N) is 1. The quantitative estimate of drug-likeness (QED) is 0.363. The van der Waals surface area contributed by atoms with Crippen LogP contribution in [0.3, 0.4) is 0 Å².